The van der Waals surface area contributed by atoms with Gasteiger partial charge in [-0.3, -0.25) is 0 Å². The minimum Gasteiger partial charge on any atom is -0.346 e. The molecule has 2 aromatic rings. The standard InChI is InChI=1S/C13H17ClN4/c1-17-12(14)5-16-13(17)8-18-6-9-3-2-4-11(15)10(9)7-18/h5-7,11H,2-4,8,15H2,1H3. The summed E-state index contributed by atoms with van der Waals surface area (Å²) in [6.07, 6.45) is 9.44. The molecule has 0 fully saturated rings. The first-order chi connectivity index (χ1) is 8.65. The van der Waals surface area contributed by atoms with Crippen molar-refractivity contribution in [2.45, 2.75) is 31.8 Å². The van der Waals surface area contributed by atoms with Crippen LogP contribution in [0.3, 0.4) is 0 Å². The van der Waals surface area contributed by atoms with E-state index in [1.165, 1.54) is 17.5 Å². The Balaban J connectivity index is 1.88. The van der Waals surface area contributed by atoms with Gasteiger partial charge in [-0.05, 0) is 30.4 Å². The first-order valence-corrected chi connectivity index (χ1v) is 6.63. The van der Waals surface area contributed by atoms with E-state index in [0.717, 1.165) is 25.2 Å². The molecule has 1 atom stereocenters. The summed E-state index contributed by atoms with van der Waals surface area (Å²) in [5, 5.41) is 0.665. The quantitative estimate of drug-likeness (QED) is 0.905. The van der Waals surface area contributed by atoms with Crippen molar-refractivity contribution in [1.82, 2.24) is 14.1 Å². The van der Waals surface area contributed by atoms with Crippen molar-refractivity contribution >= 4 is 11.6 Å². The third-order valence-corrected chi connectivity index (χ3v) is 4.06. The van der Waals surface area contributed by atoms with Gasteiger partial charge in [0.25, 0.3) is 0 Å². The zero-order chi connectivity index (χ0) is 12.7. The molecule has 1 aliphatic carbocycles. The van der Waals surface area contributed by atoms with Crippen LogP contribution in [0.25, 0.3) is 0 Å². The molecular weight excluding hydrogens is 248 g/mol. The first kappa shape index (κ1) is 11.8. The lowest BCUT2D eigenvalue weighted by Crippen LogP contribution is -2.15. The number of imidazole rings is 1. The van der Waals surface area contributed by atoms with Gasteiger partial charge in [0.1, 0.15) is 11.0 Å². The molecule has 1 unspecified atom stereocenters. The second kappa shape index (κ2) is 4.44. The van der Waals surface area contributed by atoms with Crippen LogP contribution in [-0.4, -0.2) is 14.1 Å². The van der Waals surface area contributed by atoms with Crippen molar-refractivity contribution in [3.8, 4) is 0 Å². The van der Waals surface area contributed by atoms with E-state index in [0.29, 0.717) is 5.15 Å². The number of rotatable bonds is 2. The highest BCUT2D eigenvalue weighted by atomic mass is 35.5. The van der Waals surface area contributed by atoms with Crippen LogP contribution in [0, 0.1) is 0 Å². The summed E-state index contributed by atoms with van der Waals surface area (Å²) in [5.74, 6) is 0.959. The lowest BCUT2D eigenvalue weighted by molar-refractivity contribution is 0.573. The molecule has 5 heteroatoms. The molecule has 0 saturated carbocycles. The average molecular weight is 265 g/mol. The number of nitrogens with two attached hydrogens (primary N) is 1. The van der Waals surface area contributed by atoms with E-state index >= 15 is 0 Å². The van der Waals surface area contributed by atoms with E-state index in [2.05, 4.69) is 21.9 Å². The van der Waals surface area contributed by atoms with Gasteiger partial charge in [0.05, 0.1) is 12.7 Å². The fourth-order valence-electron chi connectivity index (χ4n) is 2.61. The predicted molar refractivity (Wildman–Crippen MR) is 71.6 cm³/mol. The van der Waals surface area contributed by atoms with Gasteiger partial charge in [-0.25, -0.2) is 4.98 Å². The Bertz CT molecular complexity index is 570. The summed E-state index contributed by atoms with van der Waals surface area (Å²) in [5.41, 5.74) is 8.81. The van der Waals surface area contributed by atoms with E-state index in [1.807, 2.05) is 11.6 Å². The van der Waals surface area contributed by atoms with E-state index in [9.17, 15) is 0 Å². The number of hydrogen-bond donors (Lipinski definition) is 1. The van der Waals surface area contributed by atoms with Crippen LogP contribution in [0.4, 0.5) is 0 Å². The second-order valence-electron chi connectivity index (χ2n) is 4.97. The molecule has 1 aliphatic rings. The molecule has 18 heavy (non-hydrogen) atoms. The summed E-state index contributed by atoms with van der Waals surface area (Å²) in [4.78, 5) is 4.31. The Hall–Kier alpha value is -1.26. The van der Waals surface area contributed by atoms with E-state index in [4.69, 9.17) is 17.3 Å². The van der Waals surface area contributed by atoms with Crippen molar-refractivity contribution < 1.29 is 0 Å². The highest BCUT2D eigenvalue weighted by Crippen LogP contribution is 2.28. The Morgan fingerprint density at radius 1 is 1.50 bits per heavy atom. The molecule has 2 N–H and O–H groups in total. The Morgan fingerprint density at radius 3 is 3.00 bits per heavy atom. The third kappa shape index (κ3) is 1.95. The van der Waals surface area contributed by atoms with Crippen LogP contribution < -0.4 is 5.73 Å². The van der Waals surface area contributed by atoms with Gasteiger partial charge >= 0.3 is 0 Å². The number of halogens is 1. The molecule has 0 saturated heterocycles. The summed E-state index contributed by atoms with van der Waals surface area (Å²) >= 11 is 5.99. The number of hydrogen-bond acceptors (Lipinski definition) is 2. The molecule has 2 heterocycles. The number of aryl methyl sites for hydroxylation is 1. The van der Waals surface area contributed by atoms with Crippen LogP contribution in [0.15, 0.2) is 18.6 Å². The number of nitrogens with zero attached hydrogens (tertiary/aromatic N) is 3. The third-order valence-electron chi connectivity index (χ3n) is 3.71. The van der Waals surface area contributed by atoms with E-state index < -0.39 is 0 Å². The molecule has 0 amide bonds. The van der Waals surface area contributed by atoms with Gasteiger partial charge in [-0.15, -0.1) is 0 Å². The lowest BCUT2D eigenvalue weighted by Gasteiger charge is -2.17. The van der Waals surface area contributed by atoms with Crippen molar-refractivity contribution in [2.24, 2.45) is 12.8 Å². The molecule has 3 rings (SSSR count). The van der Waals surface area contributed by atoms with Crippen molar-refractivity contribution in [1.29, 1.82) is 0 Å². The van der Waals surface area contributed by atoms with Gasteiger partial charge in [0.2, 0.25) is 0 Å². The fraction of sp³-hybridized carbons (Fsp3) is 0.462. The van der Waals surface area contributed by atoms with Crippen LogP contribution >= 0.6 is 11.6 Å². The lowest BCUT2D eigenvalue weighted by atomic mass is 9.92. The second-order valence-corrected chi connectivity index (χ2v) is 5.35. The van der Waals surface area contributed by atoms with Crippen LogP contribution in [-0.2, 0) is 20.0 Å². The van der Waals surface area contributed by atoms with Gasteiger partial charge in [0.15, 0.2) is 0 Å². The van der Waals surface area contributed by atoms with Crippen molar-refractivity contribution in [3.63, 3.8) is 0 Å². The van der Waals surface area contributed by atoms with Crippen LogP contribution in [0.1, 0.15) is 35.8 Å². The Labute approximate surface area is 111 Å². The molecule has 0 aromatic carbocycles. The maximum absolute atomic E-state index is 6.13. The molecule has 4 nitrogen and oxygen atoms in total. The van der Waals surface area contributed by atoms with Crippen molar-refractivity contribution in [2.75, 3.05) is 0 Å². The fourth-order valence-corrected chi connectivity index (χ4v) is 2.76. The smallest absolute Gasteiger partial charge is 0.129 e. The summed E-state index contributed by atoms with van der Waals surface area (Å²) < 4.78 is 4.06. The summed E-state index contributed by atoms with van der Waals surface area (Å²) in [7, 11) is 1.93. The molecular formula is C13H17ClN4. The van der Waals surface area contributed by atoms with Crippen LogP contribution in [0.2, 0.25) is 5.15 Å². The Morgan fingerprint density at radius 2 is 2.33 bits per heavy atom. The zero-order valence-corrected chi connectivity index (χ0v) is 11.2. The van der Waals surface area contributed by atoms with E-state index in [-0.39, 0.29) is 6.04 Å². The monoisotopic (exact) mass is 264 g/mol. The first-order valence-electron chi connectivity index (χ1n) is 6.25. The van der Waals surface area contributed by atoms with Crippen LogP contribution in [0.5, 0.6) is 0 Å². The summed E-state index contributed by atoms with van der Waals surface area (Å²) in [6.45, 7) is 0.739. The molecule has 0 aliphatic heterocycles. The minimum absolute atomic E-state index is 0.194. The SMILES string of the molecule is Cn1c(Cl)cnc1Cn1cc2c(c1)C(N)CCC2. The molecule has 96 valence electrons. The van der Waals surface area contributed by atoms with E-state index in [1.54, 1.807) is 6.20 Å². The topological polar surface area (TPSA) is 48.8 Å². The molecule has 0 radical (unpaired) electrons. The number of fused-ring (bicyclic) bond motifs is 1. The summed E-state index contributed by atoms with van der Waals surface area (Å²) in [6, 6.07) is 0.194. The van der Waals surface area contributed by atoms with Gasteiger partial charge in [-0.2, -0.15) is 0 Å². The molecule has 2 aromatic heterocycles. The van der Waals surface area contributed by atoms with Gasteiger partial charge < -0.3 is 14.9 Å². The largest absolute Gasteiger partial charge is 0.346 e. The Kier molecular flexibility index (Phi) is 2.92. The average Bonchev–Trinajstić information content (AvgIpc) is 2.89. The van der Waals surface area contributed by atoms with Crippen molar-refractivity contribution in [3.05, 3.63) is 40.7 Å². The molecule has 0 spiro atoms. The maximum Gasteiger partial charge on any atom is 0.129 e. The van der Waals surface area contributed by atoms with Gasteiger partial charge in [0, 0.05) is 25.5 Å². The molecule has 0 bridgehead atoms. The number of aromatic nitrogens is 3. The maximum atomic E-state index is 6.13. The zero-order valence-electron chi connectivity index (χ0n) is 10.4. The highest BCUT2D eigenvalue weighted by Gasteiger charge is 2.19. The normalized spacial score (nSPS) is 18.9. The van der Waals surface area contributed by atoms with Gasteiger partial charge in [-0.1, -0.05) is 11.6 Å². The minimum atomic E-state index is 0.194. The highest BCUT2D eigenvalue weighted by molar-refractivity contribution is 6.29. The predicted octanol–water partition coefficient (Wildman–Crippen LogP) is 2.26.